The standard InChI is InChI=1S/C15H13NO2/c16-10-4-3-5-11-8-9-14(15(17)18)13-7-2-1-6-12(11)13/h1-2,6-9H,3-5H2,(H,17,18). The maximum absolute atomic E-state index is 11.1. The number of fused-ring (bicyclic) bond motifs is 1. The molecule has 0 unspecified atom stereocenters. The number of aromatic carboxylic acids is 1. The van der Waals surface area contributed by atoms with Crippen molar-refractivity contribution < 1.29 is 9.90 Å². The molecule has 0 aliphatic rings. The minimum absolute atomic E-state index is 0.328. The zero-order valence-electron chi connectivity index (χ0n) is 9.89. The van der Waals surface area contributed by atoms with Crippen LogP contribution in [0.1, 0.15) is 28.8 Å². The molecule has 0 fully saturated rings. The summed E-state index contributed by atoms with van der Waals surface area (Å²) in [6.07, 6.45) is 2.12. The van der Waals surface area contributed by atoms with Crippen LogP contribution in [-0.2, 0) is 6.42 Å². The first-order valence-corrected chi connectivity index (χ1v) is 5.85. The van der Waals surface area contributed by atoms with Crippen LogP contribution in [0.3, 0.4) is 0 Å². The monoisotopic (exact) mass is 239 g/mol. The van der Waals surface area contributed by atoms with Crippen molar-refractivity contribution in [3.63, 3.8) is 0 Å². The minimum Gasteiger partial charge on any atom is -0.478 e. The van der Waals surface area contributed by atoms with E-state index in [1.54, 1.807) is 6.07 Å². The molecule has 0 aliphatic heterocycles. The van der Waals surface area contributed by atoms with Gasteiger partial charge in [-0.1, -0.05) is 30.3 Å². The first-order valence-electron chi connectivity index (χ1n) is 5.85. The van der Waals surface area contributed by atoms with Crippen LogP contribution in [0.4, 0.5) is 0 Å². The predicted octanol–water partition coefficient (Wildman–Crippen LogP) is 3.38. The fraction of sp³-hybridized carbons (Fsp3) is 0.200. The van der Waals surface area contributed by atoms with E-state index in [-0.39, 0.29) is 0 Å². The summed E-state index contributed by atoms with van der Waals surface area (Å²) in [6.45, 7) is 0. The Kier molecular flexibility index (Phi) is 3.59. The third kappa shape index (κ3) is 2.33. The summed E-state index contributed by atoms with van der Waals surface area (Å²) in [5.41, 5.74) is 1.43. The van der Waals surface area contributed by atoms with Crippen LogP contribution in [0.15, 0.2) is 36.4 Å². The molecule has 0 bridgehead atoms. The van der Waals surface area contributed by atoms with E-state index >= 15 is 0 Å². The molecule has 0 radical (unpaired) electrons. The fourth-order valence-electron chi connectivity index (χ4n) is 2.12. The van der Waals surface area contributed by atoms with Gasteiger partial charge in [-0.15, -0.1) is 0 Å². The Morgan fingerprint density at radius 2 is 1.89 bits per heavy atom. The van der Waals surface area contributed by atoms with Gasteiger partial charge < -0.3 is 5.11 Å². The Morgan fingerprint density at radius 3 is 2.56 bits per heavy atom. The summed E-state index contributed by atoms with van der Waals surface area (Å²) in [5.74, 6) is -0.908. The van der Waals surface area contributed by atoms with Crippen LogP contribution < -0.4 is 0 Å². The van der Waals surface area contributed by atoms with Crippen LogP contribution in [-0.4, -0.2) is 11.1 Å². The number of hydrogen-bond donors (Lipinski definition) is 1. The Balaban J connectivity index is 2.48. The third-order valence-corrected chi connectivity index (χ3v) is 2.98. The van der Waals surface area contributed by atoms with Crippen molar-refractivity contribution in [3.8, 4) is 6.07 Å². The van der Waals surface area contributed by atoms with Crippen molar-refractivity contribution >= 4 is 16.7 Å². The van der Waals surface area contributed by atoms with Gasteiger partial charge >= 0.3 is 5.97 Å². The van der Waals surface area contributed by atoms with Crippen molar-refractivity contribution in [1.29, 1.82) is 5.26 Å². The van der Waals surface area contributed by atoms with Crippen LogP contribution >= 0.6 is 0 Å². The highest BCUT2D eigenvalue weighted by Crippen LogP contribution is 2.24. The topological polar surface area (TPSA) is 61.1 Å². The normalized spacial score (nSPS) is 10.2. The second-order valence-electron chi connectivity index (χ2n) is 4.13. The van der Waals surface area contributed by atoms with Crippen LogP contribution in [0.5, 0.6) is 0 Å². The second-order valence-corrected chi connectivity index (χ2v) is 4.13. The molecule has 3 heteroatoms. The maximum atomic E-state index is 11.1. The first kappa shape index (κ1) is 12.1. The lowest BCUT2D eigenvalue weighted by atomic mass is 9.96. The molecule has 0 saturated carbocycles. The van der Waals surface area contributed by atoms with E-state index in [1.165, 1.54) is 0 Å². The van der Waals surface area contributed by atoms with E-state index in [0.29, 0.717) is 12.0 Å². The zero-order chi connectivity index (χ0) is 13.0. The predicted molar refractivity (Wildman–Crippen MR) is 69.5 cm³/mol. The Bertz CT molecular complexity index is 626. The quantitative estimate of drug-likeness (QED) is 0.832. The van der Waals surface area contributed by atoms with Gasteiger partial charge in [-0.25, -0.2) is 4.79 Å². The molecule has 0 heterocycles. The smallest absolute Gasteiger partial charge is 0.336 e. The lowest BCUT2D eigenvalue weighted by molar-refractivity contribution is 0.0699. The van der Waals surface area contributed by atoms with Gasteiger partial charge in [0.1, 0.15) is 0 Å². The molecule has 0 spiro atoms. The molecule has 2 aromatic carbocycles. The second kappa shape index (κ2) is 5.33. The van der Waals surface area contributed by atoms with Gasteiger partial charge in [-0.3, -0.25) is 0 Å². The maximum Gasteiger partial charge on any atom is 0.336 e. The molecule has 1 N–H and O–H groups in total. The molecular weight excluding hydrogens is 226 g/mol. The number of carboxylic acid groups (broad SMARTS) is 1. The number of nitriles is 1. The van der Waals surface area contributed by atoms with Gasteiger partial charge in [0.15, 0.2) is 0 Å². The van der Waals surface area contributed by atoms with E-state index in [0.717, 1.165) is 29.2 Å². The van der Waals surface area contributed by atoms with E-state index in [2.05, 4.69) is 6.07 Å². The molecule has 3 nitrogen and oxygen atoms in total. The van der Waals surface area contributed by atoms with Gasteiger partial charge in [0.2, 0.25) is 0 Å². The third-order valence-electron chi connectivity index (χ3n) is 2.98. The number of carboxylic acids is 1. The molecule has 0 atom stereocenters. The van der Waals surface area contributed by atoms with Crippen LogP contribution in [0.25, 0.3) is 10.8 Å². The number of carbonyl (C=O) groups is 1. The van der Waals surface area contributed by atoms with Crippen molar-refractivity contribution in [1.82, 2.24) is 0 Å². The SMILES string of the molecule is N#CCCCc1ccc(C(=O)O)c2ccccc12. The zero-order valence-corrected chi connectivity index (χ0v) is 9.89. The van der Waals surface area contributed by atoms with Gasteiger partial charge in [-0.05, 0) is 35.2 Å². The number of hydrogen-bond acceptors (Lipinski definition) is 2. The first-order chi connectivity index (χ1) is 8.74. The molecule has 0 aliphatic carbocycles. The minimum atomic E-state index is -0.908. The van der Waals surface area contributed by atoms with Crippen molar-refractivity contribution in [2.24, 2.45) is 0 Å². The molecule has 90 valence electrons. The highest BCUT2D eigenvalue weighted by atomic mass is 16.4. The number of nitrogens with zero attached hydrogens (tertiary/aromatic N) is 1. The average molecular weight is 239 g/mol. The molecule has 2 aromatic rings. The summed E-state index contributed by atoms with van der Waals surface area (Å²) in [5, 5.41) is 19.4. The largest absolute Gasteiger partial charge is 0.478 e. The molecule has 18 heavy (non-hydrogen) atoms. The summed E-state index contributed by atoms with van der Waals surface area (Å²) >= 11 is 0. The lowest BCUT2D eigenvalue weighted by Crippen LogP contribution is -1.99. The Hall–Kier alpha value is -2.34. The Morgan fingerprint density at radius 1 is 1.17 bits per heavy atom. The van der Waals surface area contributed by atoms with Crippen molar-refractivity contribution in [2.45, 2.75) is 19.3 Å². The fourth-order valence-corrected chi connectivity index (χ4v) is 2.12. The number of benzene rings is 2. The molecule has 0 aromatic heterocycles. The summed E-state index contributed by atoms with van der Waals surface area (Å²) in [4.78, 5) is 11.1. The number of unbranched alkanes of at least 4 members (excludes halogenated alkanes) is 1. The van der Waals surface area contributed by atoms with Crippen LogP contribution in [0.2, 0.25) is 0 Å². The number of aryl methyl sites for hydroxylation is 1. The summed E-state index contributed by atoms with van der Waals surface area (Å²) < 4.78 is 0. The van der Waals surface area contributed by atoms with Gasteiger partial charge in [-0.2, -0.15) is 5.26 Å². The molecule has 0 saturated heterocycles. The lowest BCUT2D eigenvalue weighted by Gasteiger charge is -2.08. The molecule has 0 amide bonds. The average Bonchev–Trinajstić information content (AvgIpc) is 2.38. The van der Waals surface area contributed by atoms with Crippen LogP contribution in [0, 0.1) is 11.3 Å². The summed E-state index contributed by atoms with van der Waals surface area (Å²) in [6, 6.07) is 13.1. The van der Waals surface area contributed by atoms with E-state index < -0.39 is 5.97 Å². The Labute approximate surface area is 105 Å². The molecule has 2 rings (SSSR count). The number of rotatable bonds is 4. The van der Waals surface area contributed by atoms with Gasteiger partial charge in [0.25, 0.3) is 0 Å². The van der Waals surface area contributed by atoms with Gasteiger partial charge in [0, 0.05) is 6.42 Å². The van der Waals surface area contributed by atoms with Gasteiger partial charge in [0.05, 0.1) is 11.6 Å². The van der Waals surface area contributed by atoms with E-state index in [4.69, 9.17) is 10.4 Å². The van der Waals surface area contributed by atoms with E-state index in [9.17, 15) is 4.79 Å². The summed E-state index contributed by atoms with van der Waals surface area (Å²) in [7, 11) is 0. The highest BCUT2D eigenvalue weighted by molar-refractivity contribution is 6.04. The van der Waals surface area contributed by atoms with E-state index in [1.807, 2.05) is 30.3 Å². The van der Waals surface area contributed by atoms with Crippen molar-refractivity contribution in [3.05, 3.63) is 47.5 Å². The van der Waals surface area contributed by atoms with Crippen molar-refractivity contribution in [2.75, 3.05) is 0 Å². The molecular formula is C15H13NO2. The highest BCUT2D eigenvalue weighted by Gasteiger charge is 2.10.